The Hall–Kier alpha value is -2.97. The van der Waals surface area contributed by atoms with Crippen LogP contribution in [0.15, 0.2) is 58.6 Å². The van der Waals surface area contributed by atoms with Gasteiger partial charge in [-0.1, -0.05) is 36.4 Å². The molecule has 1 N–H and O–H groups in total. The molecule has 0 saturated carbocycles. The highest BCUT2D eigenvalue weighted by Gasteiger charge is 2.25. The van der Waals surface area contributed by atoms with Crippen LogP contribution in [0.4, 0.5) is 4.39 Å². The molecule has 0 saturated heterocycles. The van der Waals surface area contributed by atoms with E-state index in [0.29, 0.717) is 26.7 Å². The Bertz CT molecular complexity index is 1280. The van der Waals surface area contributed by atoms with Crippen molar-refractivity contribution in [1.29, 1.82) is 0 Å². The van der Waals surface area contributed by atoms with Crippen LogP contribution in [0.3, 0.4) is 0 Å². The van der Waals surface area contributed by atoms with E-state index in [0.717, 1.165) is 13.0 Å². The Balaban J connectivity index is 1.94. The lowest BCUT2D eigenvalue weighted by atomic mass is 10.2. The predicted octanol–water partition coefficient (Wildman–Crippen LogP) is 5.89. The van der Waals surface area contributed by atoms with Crippen LogP contribution in [0.25, 0.3) is 16.6 Å². The second-order valence-corrected chi connectivity index (χ2v) is 8.32. The topological polar surface area (TPSA) is 69.3 Å². The van der Waals surface area contributed by atoms with Gasteiger partial charge in [0.2, 0.25) is 5.88 Å². The normalized spacial score (nSPS) is 11.2. The van der Waals surface area contributed by atoms with Gasteiger partial charge < -0.3 is 9.84 Å². The van der Waals surface area contributed by atoms with E-state index in [1.807, 2.05) is 13.1 Å². The first-order valence-electron chi connectivity index (χ1n) is 9.55. The number of halogens is 2. The molecule has 0 unspecified atom stereocenters. The van der Waals surface area contributed by atoms with Gasteiger partial charge in [-0.25, -0.2) is 9.18 Å². The van der Waals surface area contributed by atoms with Crippen molar-refractivity contribution in [2.75, 3.05) is 7.11 Å². The van der Waals surface area contributed by atoms with E-state index in [9.17, 15) is 9.90 Å². The number of carboxylic acid groups (broad SMARTS) is 1. The second kappa shape index (κ2) is 8.64. The molecule has 6 nitrogen and oxygen atoms in total. The molecule has 0 aliphatic rings. The lowest BCUT2D eigenvalue weighted by Crippen LogP contribution is -2.00. The third kappa shape index (κ3) is 3.88. The van der Waals surface area contributed by atoms with Crippen molar-refractivity contribution in [2.45, 2.75) is 29.7 Å². The number of carbonyl (C=O) groups is 1. The van der Waals surface area contributed by atoms with Crippen molar-refractivity contribution >= 4 is 40.2 Å². The Morgan fingerprint density at radius 1 is 1.32 bits per heavy atom. The molecule has 0 atom stereocenters. The molecule has 0 radical (unpaired) electrons. The average Bonchev–Trinajstić information content (AvgIpc) is 3.33. The number of hydrogen-bond acceptors (Lipinski definition) is 4. The smallest absolute Gasteiger partial charge is 0.335 e. The molecule has 0 aliphatic heterocycles. The van der Waals surface area contributed by atoms with Gasteiger partial charge in [0.05, 0.1) is 40.0 Å². The fourth-order valence-corrected chi connectivity index (χ4v) is 4.68. The number of aromatic nitrogens is 3. The van der Waals surface area contributed by atoms with Crippen molar-refractivity contribution in [3.8, 4) is 11.6 Å². The minimum absolute atomic E-state index is 0.000669. The number of aryl methyl sites for hydroxylation is 1. The Morgan fingerprint density at radius 2 is 2.13 bits per heavy atom. The fourth-order valence-electron chi connectivity index (χ4n) is 3.42. The summed E-state index contributed by atoms with van der Waals surface area (Å²) in [6, 6.07) is 9.80. The maximum Gasteiger partial charge on any atom is 0.335 e. The highest BCUT2D eigenvalue weighted by Crippen LogP contribution is 2.46. The van der Waals surface area contributed by atoms with Gasteiger partial charge >= 0.3 is 5.97 Å². The maximum absolute atomic E-state index is 15.2. The van der Waals surface area contributed by atoms with Crippen LogP contribution in [-0.4, -0.2) is 32.5 Å². The number of rotatable bonds is 7. The number of carboxylic acids is 1. The number of hydrogen-bond donors (Lipinski definition) is 1. The van der Waals surface area contributed by atoms with E-state index < -0.39 is 11.8 Å². The van der Waals surface area contributed by atoms with Gasteiger partial charge in [0, 0.05) is 23.0 Å². The van der Waals surface area contributed by atoms with Gasteiger partial charge in [0.15, 0.2) is 5.82 Å². The van der Waals surface area contributed by atoms with Crippen LogP contribution in [0.2, 0.25) is 5.02 Å². The number of aromatic carboxylic acids is 1. The highest BCUT2D eigenvalue weighted by molar-refractivity contribution is 7.99. The van der Waals surface area contributed by atoms with Gasteiger partial charge in [-0.3, -0.25) is 9.25 Å². The lowest BCUT2D eigenvalue weighted by Gasteiger charge is -2.09. The summed E-state index contributed by atoms with van der Waals surface area (Å²) < 4.78 is 24.4. The van der Waals surface area contributed by atoms with Crippen LogP contribution in [0.5, 0.6) is 5.88 Å². The highest BCUT2D eigenvalue weighted by atomic mass is 35.5. The van der Waals surface area contributed by atoms with Crippen molar-refractivity contribution in [3.05, 3.63) is 65.2 Å². The molecule has 2 heterocycles. The molecule has 0 spiro atoms. The summed E-state index contributed by atoms with van der Waals surface area (Å²) >= 11 is 7.40. The molecule has 4 aromatic rings. The van der Waals surface area contributed by atoms with Gasteiger partial charge in [-0.2, -0.15) is 5.10 Å². The summed E-state index contributed by atoms with van der Waals surface area (Å²) in [4.78, 5) is 12.7. The average molecular weight is 460 g/mol. The van der Waals surface area contributed by atoms with E-state index in [-0.39, 0.29) is 16.1 Å². The van der Waals surface area contributed by atoms with E-state index in [2.05, 4.69) is 5.10 Å². The van der Waals surface area contributed by atoms with Crippen LogP contribution < -0.4 is 4.74 Å². The monoisotopic (exact) mass is 459 g/mol. The van der Waals surface area contributed by atoms with Gasteiger partial charge in [-0.05, 0) is 36.8 Å². The molecule has 160 valence electrons. The van der Waals surface area contributed by atoms with Crippen molar-refractivity contribution in [2.24, 2.45) is 0 Å². The van der Waals surface area contributed by atoms with Crippen LogP contribution in [0, 0.1) is 5.82 Å². The standard InChI is InChI=1S/C22H19ClFN3O3S/c1-3-9-26-12-14(11-25-26)27-19-16(7-8-17(23)18(19)24)20(21(27)30-2)31-15-6-4-5-13(10-15)22(28)29/h4-8,10-12H,3,9H2,1-2H3,(H,28,29). The first-order chi connectivity index (χ1) is 14.9. The molecule has 31 heavy (non-hydrogen) atoms. The van der Waals surface area contributed by atoms with Crippen molar-refractivity contribution < 1.29 is 19.0 Å². The van der Waals surface area contributed by atoms with E-state index >= 15 is 4.39 Å². The quantitative estimate of drug-likeness (QED) is 0.373. The van der Waals surface area contributed by atoms with Crippen molar-refractivity contribution in [3.63, 3.8) is 0 Å². The maximum atomic E-state index is 15.2. The van der Waals surface area contributed by atoms with E-state index in [4.69, 9.17) is 16.3 Å². The first kappa shape index (κ1) is 21.3. The van der Waals surface area contributed by atoms with Crippen molar-refractivity contribution in [1.82, 2.24) is 14.3 Å². The molecule has 0 aliphatic carbocycles. The summed E-state index contributed by atoms with van der Waals surface area (Å²) in [7, 11) is 1.51. The van der Waals surface area contributed by atoms with Gasteiger partial charge in [-0.15, -0.1) is 0 Å². The summed E-state index contributed by atoms with van der Waals surface area (Å²) in [6.45, 7) is 2.78. The summed E-state index contributed by atoms with van der Waals surface area (Å²) in [6.07, 6.45) is 4.38. The number of methoxy groups -OCH3 is 1. The van der Waals surface area contributed by atoms with E-state index in [1.165, 1.54) is 31.0 Å². The molecule has 0 fully saturated rings. The zero-order valence-electron chi connectivity index (χ0n) is 16.8. The zero-order valence-corrected chi connectivity index (χ0v) is 18.4. The Labute approximate surface area is 187 Å². The molecule has 0 amide bonds. The molecule has 4 rings (SSSR count). The minimum atomic E-state index is -1.02. The SMILES string of the molecule is CCCn1cc(-n2c(OC)c(Sc3cccc(C(=O)O)c3)c3ccc(Cl)c(F)c32)cn1. The van der Waals surface area contributed by atoms with Crippen LogP contribution in [0.1, 0.15) is 23.7 Å². The fraction of sp³-hybridized carbons (Fsp3) is 0.182. The summed E-state index contributed by atoms with van der Waals surface area (Å²) in [5, 5.41) is 14.3. The lowest BCUT2D eigenvalue weighted by molar-refractivity contribution is 0.0696. The largest absolute Gasteiger partial charge is 0.481 e. The zero-order chi connectivity index (χ0) is 22.1. The summed E-state index contributed by atoms with van der Waals surface area (Å²) in [5.41, 5.74) is 1.09. The van der Waals surface area contributed by atoms with Crippen LogP contribution >= 0.6 is 23.4 Å². The number of nitrogens with zero attached hydrogens (tertiary/aromatic N) is 3. The molecule has 2 aromatic heterocycles. The number of benzene rings is 2. The van der Waals surface area contributed by atoms with Crippen LogP contribution in [-0.2, 0) is 6.54 Å². The molecular formula is C22H19ClFN3O3S. The predicted molar refractivity (Wildman–Crippen MR) is 118 cm³/mol. The molecular weight excluding hydrogens is 441 g/mol. The second-order valence-electron chi connectivity index (χ2n) is 6.83. The first-order valence-corrected chi connectivity index (χ1v) is 10.7. The third-order valence-corrected chi connectivity index (χ3v) is 6.14. The number of fused-ring (bicyclic) bond motifs is 1. The minimum Gasteiger partial charge on any atom is -0.481 e. The molecule has 9 heteroatoms. The third-order valence-electron chi connectivity index (χ3n) is 4.76. The number of ether oxygens (including phenoxy) is 1. The van der Waals surface area contributed by atoms with Gasteiger partial charge in [0.25, 0.3) is 0 Å². The molecule has 0 bridgehead atoms. The summed E-state index contributed by atoms with van der Waals surface area (Å²) in [5.74, 6) is -1.16. The molecule has 2 aromatic carbocycles. The Kier molecular flexibility index (Phi) is 5.93. The van der Waals surface area contributed by atoms with E-state index in [1.54, 1.807) is 39.7 Å². The van der Waals surface area contributed by atoms with Gasteiger partial charge in [0.1, 0.15) is 0 Å². The Morgan fingerprint density at radius 3 is 2.84 bits per heavy atom.